The normalized spacial score (nSPS) is 19.2. The van der Waals surface area contributed by atoms with Gasteiger partial charge in [-0.25, -0.2) is 0 Å². The molecule has 0 heterocycles. The zero-order valence-electron chi connectivity index (χ0n) is 17.3. The molecule has 1 N–H and O–H groups in total. The Kier molecular flexibility index (Phi) is 6.20. The van der Waals surface area contributed by atoms with Gasteiger partial charge in [0.25, 0.3) is 5.91 Å². The second kappa shape index (κ2) is 9.02. The van der Waals surface area contributed by atoms with Crippen LogP contribution in [0.3, 0.4) is 0 Å². The molecule has 1 aliphatic rings. The first kappa shape index (κ1) is 20.6. The van der Waals surface area contributed by atoms with Gasteiger partial charge in [0.05, 0.1) is 5.56 Å². The maximum Gasteiger partial charge on any atom is 0.252 e. The number of benzene rings is 3. The number of hydrogen-bond acceptors (Lipinski definition) is 2. The number of carbonyl (C=O) groups is 1. The fourth-order valence-corrected chi connectivity index (χ4v) is 7.27. The predicted octanol–water partition coefficient (Wildman–Crippen LogP) is 4.63. The molecule has 0 radical (unpaired) electrons. The summed E-state index contributed by atoms with van der Waals surface area (Å²) < 4.78 is 14.7. The van der Waals surface area contributed by atoms with Crippen molar-refractivity contribution in [2.75, 3.05) is 0 Å². The van der Waals surface area contributed by atoms with Crippen molar-refractivity contribution in [3.8, 4) is 0 Å². The molecule has 2 atom stereocenters. The van der Waals surface area contributed by atoms with Crippen LogP contribution in [0.25, 0.3) is 0 Å². The summed E-state index contributed by atoms with van der Waals surface area (Å²) in [5.41, 5.74) is 0.506. The van der Waals surface area contributed by atoms with E-state index in [0.29, 0.717) is 16.8 Å². The first-order chi connectivity index (χ1) is 14.6. The first-order valence-electron chi connectivity index (χ1n) is 10.7. The minimum atomic E-state index is -3.20. The van der Waals surface area contributed by atoms with Crippen molar-refractivity contribution < 1.29 is 9.36 Å². The van der Waals surface area contributed by atoms with E-state index in [1.165, 1.54) is 6.42 Å². The number of hydrogen-bond donors (Lipinski definition) is 1. The molecule has 1 amide bonds. The summed E-state index contributed by atoms with van der Waals surface area (Å²) >= 11 is 0. The summed E-state index contributed by atoms with van der Waals surface area (Å²) in [6.45, 7) is 2.20. The van der Waals surface area contributed by atoms with Crippen molar-refractivity contribution in [3.05, 3.63) is 90.5 Å². The second-order valence-electron chi connectivity index (χ2n) is 8.14. The molecule has 0 bridgehead atoms. The fraction of sp³-hybridized carbons (Fsp3) is 0.269. The van der Waals surface area contributed by atoms with Gasteiger partial charge >= 0.3 is 0 Å². The van der Waals surface area contributed by atoms with Crippen molar-refractivity contribution in [1.82, 2.24) is 5.32 Å². The summed E-state index contributed by atoms with van der Waals surface area (Å²) in [6.07, 6.45) is 4.51. The summed E-state index contributed by atoms with van der Waals surface area (Å²) in [4.78, 5) is 13.4. The van der Waals surface area contributed by atoms with Crippen LogP contribution in [-0.2, 0) is 4.57 Å². The van der Waals surface area contributed by atoms with Crippen molar-refractivity contribution in [1.29, 1.82) is 0 Å². The molecule has 4 heteroatoms. The second-order valence-corrected chi connectivity index (χ2v) is 10.9. The van der Waals surface area contributed by atoms with Crippen LogP contribution in [-0.4, -0.2) is 11.9 Å². The molecule has 154 valence electrons. The topological polar surface area (TPSA) is 46.2 Å². The van der Waals surface area contributed by atoms with Crippen LogP contribution in [0, 0.1) is 5.92 Å². The van der Waals surface area contributed by atoms with Gasteiger partial charge in [0.15, 0.2) is 7.14 Å². The molecule has 4 rings (SSSR count). The van der Waals surface area contributed by atoms with E-state index in [9.17, 15) is 9.36 Å². The SMILES string of the molecule is C[C@H]1CCCCC1NC(=O)c1ccccc1P(=O)(c1ccccc1)c1ccccc1. The number of rotatable bonds is 5. The highest BCUT2D eigenvalue weighted by molar-refractivity contribution is 7.85. The lowest BCUT2D eigenvalue weighted by atomic mass is 9.86. The minimum absolute atomic E-state index is 0.128. The van der Waals surface area contributed by atoms with E-state index in [2.05, 4.69) is 12.2 Å². The standard InChI is InChI=1S/C26H28NO2P/c1-20-12-8-10-18-24(20)27-26(28)23-17-9-11-19-25(23)30(29,21-13-4-2-5-14-21)22-15-6-3-7-16-22/h2-7,9,11,13-17,19-20,24H,8,10,12,18H2,1H3,(H,27,28)/t20-,24?/m0/s1. The molecule has 3 aromatic carbocycles. The monoisotopic (exact) mass is 417 g/mol. The van der Waals surface area contributed by atoms with Gasteiger partial charge in [-0.2, -0.15) is 0 Å². The average molecular weight is 417 g/mol. The highest BCUT2D eigenvalue weighted by Gasteiger charge is 2.34. The van der Waals surface area contributed by atoms with E-state index in [1.54, 1.807) is 6.07 Å². The molecule has 1 saturated carbocycles. The fourth-order valence-electron chi connectivity index (χ4n) is 4.42. The molecule has 3 aromatic rings. The third-order valence-corrected chi connectivity index (χ3v) is 9.27. The lowest BCUT2D eigenvalue weighted by Gasteiger charge is -2.30. The summed E-state index contributed by atoms with van der Waals surface area (Å²) in [5.74, 6) is 0.335. The summed E-state index contributed by atoms with van der Waals surface area (Å²) in [6, 6.07) is 26.6. The van der Waals surface area contributed by atoms with Gasteiger partial charge in [-0.05, 0) is 24.8 Å². The van der Waals surface area contributed by atoms with Gasteiger partial charge in [-0.1, -0.05) is 98.6 Å². The van der Waals surface area contributed by atoms with Crippen molar-refractivity contribution >= 4 is 29.0 Å². The highest BCUT2D eigenvalue weighted by Crippen LogP contribution is 2.43. The van der Waals surface area contributed by atoms with Crippen LogP contribution in [0.15, 0.2) is 84.9 Å². The molecule has 0 aromatic heterocycles. The van der Waals surface area contributed by atoms with Gasteiger partial charge in [0.2, 0.25) is 0 Å². The number of amides is 1. The summed E-state index contributed by atoms with van der Waals surface area (Å²) in [7, 11) is -3.20. The molecule has 30 heavy (non-hydrogen) atoms. The highest BCUT2D eigenvalue weighted by atomic mass is 31.2. The summed E-state index contributed by atoms with van der Waals surface area (Å²) in [5, 5.41) is 5.32. The van der Waals surface area contributed by atoms with Crippen LogP contribution in [0.1, 0.15) is 43.0 Å². The van der Waals surface area contributed by atoms with E-state index >= 15 is 0 Å². The van der Waals surface area contributed by atoms with Gasteiger partial charge in [-0.15, -0.1) is 0 Å². The Morgan fingerprint density at radius 1 is 0.800 bits per heavy atom. The van der Waals surface area contributed by atoms with Crippen LogP contribution in [0.4, 0.5) is 0 Å². The Hall–Kier alpha value is -2.64. The first-order valence-corrected chi connectivity index (χ1v) is 12.4. The van der Waals surface area contributed by atoms with Gasteiger partial charge in [0, 0.05) is 22.0 Å². The molecule has 1 unspecified atom stereocenters. The van der Waals surface area contributed by atoms with Gasteiger partial charge < -0.3 is 9.88 Å². The van der Waals surface area contributed by atoms with Gasteiger partial charge in [0.1, 0.15) is 0 Å². The third-order valence-electron chi connectivity index (χ3n) is 6.16. The molecular formula is C26H28NO2P. The van der Waals surface area contributed by atoms with E-state index in [4.69, 9.17) is 0 Å². The van der Waals surface area contributed by atoms with Crippen molar-refractivity contribution in [3.63, 3.8) is 0 Å². The number of carbonyl (C=O) groups excluding carboxylic acids is 1. The lowest BCUT2D eigenvalue weighted by molar-refractivity contribution is 0.0911. The maximum absolute atomic E-state index is 14.7. The van der Waals surface area contributed by atoms with E-state index in [-0.39, 0.29) is 11.9 Å². The molecule has 0 saturated heterocycles. The zero-order chi connectivity index (χ0) is 21.0. The van der Waals surface area contributed by atoms with E-state index in [1.807, 2.05) is 78.9 Å². The maximum atomic E-state index is 14.7. The van der Waals surface area contributed by atoms with Crippen LogP contribution >= 0.6 is 7.14 Å². The largest absolute Gasteiger partial charge is 0.349 e. The molecule has 0 spiro atoms. The smallest absolute Gasteiger partial charge is 0.252 e. The lowest BCUT2D eigenvalue weighted by Crippen LogP contribution is -2.43. The van der Waals surface area contributed by atoms with Crippen molar-refractivity contribution in [2.24, 2.45) is 5.92 Å². The van der Waals surface area contributed by atoms with Crippen molar-refractivity contribution in [2.45, 2.75) is 38.6 Å². The molecule has 3 nitrogen and oxygen atoms in total. The van der Waals surface area contributed by atoms with E-state index < -0.39 is 7.14 Å². The molecule has 1 fully saturated rings. The Morgan fingerprint density at radius 2 is 1.33 bits per heavy atom. The van der Waals surface area contributed by atoms with Crippen LogP contribution in [0.2, 0.25) is 0 Å². The third kappa shape index (κ3) is 4.00. The Balaban J connectivity index is 1.80. The molecule has 0 aliphatic heterocycles. The Bertz CT molecular complexity index is 1010. The minimum Gasteiger partial charge on any atom is -0.349 e. The Morgan fingerprint density at radius 3 is 1.93 bits per heavy atom. The van der Waals surface area contributed by atoms with E-state index in [0.717, 1.165) is 29.9 Å². The van der Waals surface area contributed by atoms with Gasteiger partial charge in [-0.3, -0.25) is 4.79 Å². The van der Waals surface area contributed by atoms with Crippen LogP contribution in [0.5, 0.6) is 0 Å². The molecular weight excluding hydrogens is 389 g/mol. The zero-order valence-corrected chi connectivity index (χ0v) is 18.2. The quantitative estimate of drug-likeness (QED) is 0.615. The number of nitrogens with one attached hydrogen (secondary N) is 1. The Labute approximate surface area is 178 Å². The van der Waals surface area contributed by atoms with Crippen LogP contribution < -0.4 is 21.2 Å². The average Bonchev–Trinajstić information content (AvgIpc) is 2.81. The predicted molar refractivity (Wildman–Crippen MR) is 125 cm³/mol. The molecule has 1 aliphatic carbocycles.